The van der Waals surface area contributed by atoms with Crippen LogP contribution in [0.25, 0.3) is 0 Å². The number of aliphatic hydroxyl groups excluding tert-OH is 1. The number of hydrogen-bond donors (Lipinski definition) is 1. The summed E-state index contributed by atoms with van der Waals surface area (Å²) in [4.78, 5) is 31.2. The van der Waals surface area contributed by atoms with Crippen molar-refractivity contribution in [1.82, 2.24) is 9.88 Å². The fourth-order valence-electron chi connectivity index (χ4n) is 8.25. The molecule has 358 valence electrons. The summed E-state index contributed by atoms with van der Waals surface area (Å²) in [5, 5.41) is 11.3. The number of pyridine rings is 1. The van der Waals surface area contributed by atoms with Crippen LogP contribution < -0.4 is 0 Å². The van der Waals surface area contributed by atoms with Gasteiger partial charge in [-0.15, -0.1) is 0 Å². The number of hydrogen-bond acceptors (Lipinski definition) is 7. The maximum Gasteiger partial charge on any atom is 0.305 e. The highest BCUT2D eigenvalue weighted by Crippen LogP contribution is 2.21. The Morgan fingerprint density at radius 2 is 1.00 bits per heavy atom. The molecule has 0 aromatic carbocycles. The van der Waals surface area contributed by atoms with Gasteiger partial charge in [-0.3, -0.25) is 14.6 Å². The number of ether oxygens (including phenoxy) is 2. The molecule has 2 atom stereocenters. The Bertz CT molecular complexity index is 1170. The highest BCUT2D eigenvalue weighted by molar-refractivity contribution is 5.69. The van der Waals surface area contributed by atoms with Gasteiger partial charge in [-0.25, -0.2) is 0 Å². The van der Waals surface area contributed by atoms with Gasteiger partial charge in [0.05, 0.1) is 19.3 Å². The van der Waals surface area contributed by atoms with Crippen LogP contribution in [0.4, 0.5) is 0 Å². The van der Waals surface area contributed by atoms with E-state index in [1.54, 1.807) is 6.20 Å². The molecule has 1 aromatic rings. The molecule has 0 aliphatic rings. The maximum absolute atomic E-state index is 12.4. The van der Waals surface area contributed by atoms with Gasteiger partial charge in [0.25, 0.3) is 0 Å². The maximum atomic E-state index is 12.4. The zero-order chi connectivity index (χ0) is 44.8. The van der Waals surface area contributed by atoms with Gasteiger partial charge in [0.2, 0.25) is 0 Å². The predicted octanol–water partition coefficient (Wildman–Crippen LogP) is 15.4. The average Bonchev–Trinajstić information content (AvgIpc) is 3.27. The van der Waals surface area contributed by atoms with Crippen LogP contribution >= 0.6 is 0 Å². The third-order valence-corrected chi connectivity index (χ3v) is 12.2. The highest BCUT2D eigenvalue weighted by atomic mass is 16.5. The summed E-state index contributed by atoms with van der Waals surface area (Å²) in [5.41, 5.74) is 1.16. The summed E-state index contributed by atoms with van der Waals surface area (Å²) < 4.78 is 11.1. The van der Waals surface area contributed by atoms with Crippen molar-refractivity contribution in [3.63, 3.8) is 0 Å². The summed E-state index contributed by atoms with van der Waals surface area (Å²) in [6.45, 7) is 7.03. The van der Waals surface area contributed by atoms with Gasteiger partial charge in [-0.1, -0.05) is 153 Å². The largest absolute Gasteiger partial charge is 0.466 e. The molecule has 0 amide bonds. The molecule has 0 saturated carbocycles. The quantitative estimate of drug-likeness (QED) is 0.0397. The van der Waals surface area contributed by atoms with E-state index in [1.165, 1.54) is 141 Å². The van der Waals surface area contributed by atoms with Crippen LogP contribution in [0.1, 0.15) is 244 Å². The van der Waals surface area contributed by atoms with E-state index in [4.69, 9.17) is 9.47 Å². The minimum atomic E-state index is -0.404. The first kappa shape index (κ1) is 57.5. The average molecular weight is 867 g/mol. The summed E-state index contributed by atoms with van der Waals surface area (Å²) in [5.74, 6) is -0.0235. The first-order valence-electron chi connectivity index (χ1n) is 26.3. The fourth-order valence-corrected chi connectivity index (χ4v) is 8.25. The first-order chi connectivity index (χ1) is 30.5. The van der Waals surface area contributed by atoms with E-state index in [1.807, 2.05) is 12.3 Å². The molecule has 0 aliphatic carbocycles. The summed E-state index contributed by atoms with van der Waals surface area (Å²) in [6, 6.07) is 4.05. The molecule has 7 nitrogen and oxygen atoms in total. The van der Waals surface area contributed by atoms with Gasteiger partial charge < -0.3 is 19.5 Å². The van der Waals surface area contributed by atoms with Crippen LogP contribution in [0.5, 0.6) is 0 Å². The number of aromatic nitrogens is 1. The monoisotopic (exact) mass is 867 g/mol. The first-order valence-corrected chi connectivity index (χ1v) is 26.3. The number of allylic oxidation sites excluding steroid dienone is 4. The number of esters is 2. The Labute approximate surface area is 383 Å². The Morgan fingerprint density at radius 3 is 1.47 bits per heavy atom. The number of carbonyl (C=O) groups is 2. The second kappa shape index (κ2) is 45.1. The topological polar surface area (TPSA) is 89.0 Å². The Balaban J connectivity index is 2.17. The van der Waals surface area contributed by atoms with Gasteiger partial charge >= 0.3 is 11.9 Å². The van der Waals surface area contributed by atoms with Gasteiger partial charge in [-0.2, -0.15) is 0 Å². The number of carbonyl (C=O) groups excluding carboxylic acids is 2. The molecule has 0 bridgehead atoms. The lowest BCUT2D eigenvalue weighted by molar-refractivity contribution is -0.144. The van der Waals surface area contributed by atoms with Gasteiger partial charge in [0.1, 0.15) is 0 Å². The third kappa shape index (κ3) is 39.1. The van der Waals surface area contributed by atoms with Crippen molar-refractivity contribution in [2.24, 2.45) is 5.92 Å². The van der Waals surface area contributed by atoms with E-state index in [0.717, 1.165) is 89.3 Å². The molecule has 0 radical (unpaired) electrons. The zero-order valence-electron chi connectivity index (χ0n) is 40.8. The minimum Gasteiger partial charge on any atom is -0.466 e. The van der Waals surface area contributed by atoms with Crippen LogP contribution in [0, 0.1) is 5.92 Å². The van der Waals surface area contributed by atoms with Crippen molar-refractivity contribution < 1.29 is 24.2 Å². The molecule has 0 fully saturated rings. The third-order valence-electron chi connectivity index (χ3n) is 12.2. The van der Waals surface area contributed by atoms with Crippen molar-refractivity contribution in [3.05, 3.63) is 54.4 Å². The number of unbranched alkanes of at least 4 members (excludes halogenated alkanes) is 25. The van der Waals surface area contributed by atoms with Crippen LogP contribution in [-0.4, -0.2) is 59.8 Å². The van der Waals surface area contributed by atoms with E-state index >= 15 is 0 Å². The standard InChI is InChI=1S/C55H98N2O5/c1-4-6-8-10-12-14-16-18-20-22-24-26-28-30-34-43-54(59)61-46-37-32-33-42-53(58)52(50-57(3)49-51-40-39-45-56-48-51)41-36-38-47-62-55(60)44-35-31-29-27-25-23-21-19-17-15-13-11-9-7-5-2/h18-21,39-40,45,48,52-53,58H,4-17,22-38,41-44,46-47,49-50H2,1-3H3/b20-18-,21-19-. The van der Waals surface area contributed by atoms with E-state index in [-0.39, 0.29) is 17.9 Å². The van der Waals surface area contributed by atoms with E-state index in [9.17, 15) is 14.7 Å². The molecule has 0 aliphatic heterocycles. The molecular weight excluding hydrogens is 769 g/mol. The highest BCUT2D eigenvalue weighted by Gasteiger charge is 2.21. The van der Waals surface area contributed by atoms with Crippen LogP contribution in [0.2, 0.25) is 0 Å². The smallest absolute Gasteiger partial charge is 0.305 e. The van der Waals surface area contributed by atoms with Crippen LogP contribution in [0.3, 0.4) is 0 Å². The molecule has 1 heterocycles. The van der Waals surface area contributed by atoms with Crippen LogP contribution in [-0.2, 0) is 25.6 Å². The minimum absolute atomic E-state index is 0.0758. The Kier molecular flexibility index (Phi) is 41.8. The fraction of sp³-hybridized carbons (Fsp3) is 0.800. The van der Waals surface area contributed by atoms with Gasteiger partial charge in [0.15, 0.2) is 0 Å². The lowest BCUT2D eigenvalue weighted by atomic mass is 9.91. The molecule has 1 N–H and O–H groups in total. The van der Waals surface area contributed by atoms with Gasteiger partial charge in [0, 0.05) is 38.3 Å². The van der Waals surface area contributed by atoms with E-state index in [0.29, 0.717) is 26.1 Å². The predicted molar refractivity (Wildman–Crippen MR) is 263 cm³/mol. The summed E-state index contributed by atoms with van der Waals surface area (Å²) >= 11 is 0. The Hall–Kier alpha value is -2.51. The van der Waals surface area contributed by atoms with Crippen molar-refractivity contribution in [2.45, 2.75) is 251 Å². The molecule has 0 spiro atoms. The lowest BCUT2D eigenvalue weighted by Crippen LogP contribution is -2.33. The molecule has 2 unspecified atom stereocenters. The zero-order valence-corrected chi connectivity index (χ0v) is 40.8. The Morgan fingerprint density at radius 1 is 0.581 bits per heavy atom. The second-order valence-electron chi connectivity index (χ2n) is 18.3. The van der Waals surface area contributed by atoms with E-state index < -0.39 is 6.10 Å². The number of nitrogens with zero attached hydrogens (tertiary/aromatic N) is 2. The van der Waals surface area contributed by atoms with E-state index in [2.05, 4.69) is 61.1 Å². The summed E-state index contributed by atoms with van der Waals surface area (Å²) in [7, 11) is 2.11. The second-order valence-corrected chi connectivity index (χ2v) is 18.3. The summed E-state index contributed by atoms with van der Waals surface area (Å²) in [6.07, 6.45) is 52.2. The van der Waals surface area contributed by atoms with Crippen molar-refractivity contribution in [2.75, 3.05) is 26.8 Å². The number of rotatable bonds is 46. The van der Waals surface area contributed by atoms with Crippen molar-refractivity contribution >= 4 is 11.9 Å². The molecule has 0 saturated heterocycles. The van der Waals surface area contributed by atoms with Crippen molar-refractivity contribution in [3.8, 4) is 0 Å². The molecule has 62 heavy (non-hydrogen) atoms. The molecule has 1 aromatic heterocycles. The molecule has 7 heteroatoms. The van der Waals surface area contributed by atoms with Crippen molar-refractivity contribution in [1.29, 1.82) is 0 Å². The number of aliphatic hydroxyl groups is 1. The SMILES string of the molecule is CCCCCCCC/C=C\CCCCCCCC(=O)OCCCCCC(O)C(CCCCOC(=O)CCCCCCC/C=C\CCCCCCCC)CN(C)Cc1cccnc1. The lowest BCUT2D eigenvalue weighted by Gasteiger charge is -2.28. The molecule has 1 rings (SSSR count). The van der Waals surface area contributed by atoms with Gasteiger partial charge in [-0.05, 0) is 127 Å². The normalized spacial score (nSPS) is 12.8. The molecular formula is C55H98N2O5. The van der Waals surface area contributed by atoms with Crippen LogP contribution in [0.15, 0.2) is 48.8 Å².